The van der Waals surface area contributed by atoms with Gasteiger partial charge in [-0.1, -0.05) is 47.5 Å². The number of nitrogens with zero attached hydrogens (tertiary/aromatic N) is 3. The first-order valence-electron chi connectivity index (χ1n) is 10.5. The highest BCUT2D eigenvalue weighted by Crippen LogP contribution is 2.26. The molecule has 0 saturated heterocycles. The smallest absolute Gasteiger partial charge is 0.253 e. The minimum absolute atomic E-state index is 0.143. The predicted octanol–water partition coefficient (Wildman–Crippen LogP) is 4.68. The van der Waals surface area contributed by atoms with Crippen molar-refractivity contribution in [2.75, 3.05) is 0 Å². The normalized spacial score (nSPS) is 11.6. The Morgan fingerprint density at radius 1 is 1.00 bits per heavy atom. The summed E-state index contributed by atoms with van der Waals surface area (Å²) in [7, 11) is 0. The van der Waals surface area contributed by atoms with E-state index in [2.05, 4.69) is 15.6 Å². The lowest BCUT2D eigenvalue weighted by molar-refractivity contribution is -0.122. The minimum atomic E-state index is -0.795. The summed E-state index contributed by atoms with van der Waals surface area (Å²) in [6.45, 7) is 1.82. The summed E-state index contributed by atoms with van der Waals surface area (Å²) in [4.78, 5) is 29.4. The molecule has 172 valence electrons. The van der Waals surface area contributed by atoms with Crippen LogP contribution in [0, 0.1) is 0 Å². The lowest BCUT2D eigenvalue weighted by Crippen LogP contribution is -2.44. The summed E-state index contributed by atoms with van der Waals surface area (Å²) in [5, 5.41) is 10.7. The van der Waals surface area contributed by atoms with Crippen LogP contribution in [-0.2, 0) is 11.3 Å². The number of nitrogens with one attached hydrogen (secondary N) is 2. The summed E-state index contributed by atoms with van der Waals surface area (Å²) < 4.78 is 1.77. The van der Waals surface area contributed by atoms with E-state index in [1.165, 1.54) is 0 Å². The molecule has 1 atom stereocenters. The van der Waals surface area contributed by atoms with E-state index in [1.807, 2.05) is 48.7 Å². The first kappa shape index (κ1) is 23.5. The Labute approximate surface area is 206 Å². The number of carbonyl (C=O) groups is 2. The van der Waals surface area contributed by atoms with Crippen LogP contribution in [0.2, 0.25) is 10.0 Å². The molecule has 34 heavy (non-hydrogen) atoms. The molecule has 4 aromatic rings. The van der Waals surface area contributed by atoms with Crippen LogP contribution < -0.4 is 10.6 Å². The van der Waals surface area contributed by atoms with Crippen LogP contribution in [-0.4, -0.2) is 32.6 Å². The first-order chi connectivity index (χ1) is 16.4. The topological polar surface area (TPSA) is 88.9 Å². The van der Waals surface area contributed by atoms with Crippen LogP contribution in [0.25, 0.3) is 16.9 Å². The predicted molar refractivity (Wildman–Crippen MR) is 132 cm³/mol. The van der Waals surface area contributed by atoms with Crippen molar-refractivity contribution in [2.24, 2.45) is 0 Å². The van der Waals surface area contributed by atoms with Crippen molar-refractivity contribution < 1.29 is 9.59 Å². The van der Waals surface area contributed by atoms with Crippen LogP contribution in [0.5, 0.6) is 0 Å². The van der Waals surface area contributed by atoms with Gasteiger partial charge in [0.1, 0.15) is 6.04 Å². The van der Waals surface area contributed by atoms with E-state index in [-0.39, 0.29) is 28.1 Å². The highest BCUT2D eigenvalue weighted by Gasteiger charge is 2.20. The van der Waals surface area contributed by atoms with Gasteiger partial charge in [-0.25, -0.2) is 4.68 Å². The zero-order chi connectivity index (χ0) is 24.1. The van der Waals surface area contributed by atoms with Crippen LogP contribution in [0.3, 0.4) is 0 Å². The Balaban J connectivity index is 1.49. The number of benzene rings is 2. The molecule has 2 aromatic carbocycles. The number of hydrogen-bond acceptors (Lipinski definition) is 4. The second-order valence-electron chi connectivity index (χ2n) is 7.53. The second-order valence-corrected chi connectivity index (χ2v) is 8.32. The lowest BCUT2D eigenvalue weighted by atomic mass is 10.1. The molecule has 0 spiro atoms. The Morgan fingerprint density at radius 3 is 2.47 bits per heavy atom. The lowest BCUT2D eigenvalue weighted by Gasteiger charge is -2.15. The Kier molecular flexibility index (Phi) is 7.25. The van der Waals surface area contributed by atoms with Gasteiger partial charge in [0, 0.05) is 36.3 Å². The van der Waals surface area contributed by atoms with Gasteiger partial charge in [0.2, 0.25) is 5.91 Å². The fraction of sp³-hybridized carbons (Fsp3) is 0.120. The van der Waals surface area contributed by atoms with Crippen LogP contribution in [0.1, 0.15) is 22.8 Å². The molecule has 2 N–H and O–H groups in total. The molecule has 0 bridgehead atoms. The van der Waals surface area contributed by atoms with Gasteiger partial charge in [0.05, 0.1) is 27.0 Å². The van der Waals surface area contributed by atoms with Crippen molar-refractivity contribution in [3.63, 3.8) is 0 Å². The molecule has 9 heteroatoms. The zero-order valence-electron chi connectivity index (χ0n) is 18.2. The Morgan fingerprint density at radius 2 is 1.74 bits per heavy atom. The van der Waals surface area contributed by atoms with Crippen molar-refractivity contribution in [1.29, 1.82) is 0 Å². The number of hydrogen-bond donors (Lipinski definition) is 2. The Bertz CT molecular complexity index is 1310. The van der Waals surface area contributed by atoms with E-state index >= 15 is 0 Å². The molecule has 2 aromatic heterocycles. The third kappa shape index (κ3) is 5.27. The number of pyridine rings is 1. The summed E-state index contributed by atoms with van der Waals surface area (Å²) in [6, 6.07) is 17.4. The van der Waals surface area contributed by atoms with Gasteiger partial charge in [-0.15, -0.1) is 0 Å². The SMILES string of the molecule is CC(NC(=O)c1cccc(Cl)c1Cl)C(=O)NCc1cn(-c2ccccc2)nc1-c1ccncc1. The van der Waals surface area contributed by atoms with Crippen molar-refractivity contribution >= 4 is 35.0 Å². The van der Waals surface area contributed by atoms with E-state index in [0.29, 0.717) is 0 Å². The average Bonchev–Trinajstić information content (AvgIpc) is 3.29. The van der Waals surface area contributed by atoms with Gasteiger partial charge in [-0.3, -0.25) is 14.6 Å². The van der Waals surface area contributed by atoms with E-state index in [4.69, 9.17) is 28.3 Å². The number of aromatic nitrogens is 3. The maximum absolute atomic E-state index is 12.7. The van der Waals surface area contributed by atoms with Crippen molar-refractivity contribution in [3.8, 4) is 16.9 Å². The first-order valence-corrected chi connectivity index (χ1v) is 11.3. The fourth-order valence-electron chi connectivity index (χ4n) is 3.36. The van der Waals surface area contributed by atoms with E-state index in [1.54, 1.807) is 42.2 Å². The van der Waals surface area contributed by atoms with Crippen LogP contribution >= 0.6 is 23.2 Å². The van der Waals surface area contributed by atoms with E-state index in [0.717, 1.165) is 22.5 Å². The number of amides is 2. The number of carbonyl (C=O) groups excluding carboxylic acids is 2. The van der Waals surface area contributed by atoms with E-state index in [9.17, 15) is 9.59 Å². The van der Waals surface area contributed by atoms with Crippen molar-refractivity contribution in [1.82, 2.24) is 25.4 Å². The molecule has 0 aliphatic carbocycles. The third-order valence-corrected chi connectivity index (χ3v) is 5.97. The molecule has 7 nitrogen and oxygen atoms in total. The molecular weight excluding hydrogens is 473 g/mol. The fourth-order valence-corrected chi connectivity index (χ4v) is 3.75. The van der Waals surface area contributed by atoms with Gasteiger partial charge in [0.25, 0.3) is 5.91 Å². The molecule has 2 amide bonds. The quantitative estimate of drug-likeness (QED) is 0.391. The number of rotatable bonds is 7. The van der Waals surface area contributed by atoms with Gasteiger partial charge >= 0.3 is 0 Å². The highest BCUT2D eigenvalue weighted by atomic mass is 35.5. The summed E-state index contributed by atoms with van der Waals surface area (Å²) in [5.74, 6) is -0.829. The average molecular weight is 494 g/mol. The van der Waals surface area contributed by atoms with Crippen LogP contribution in [0.4, 0.5) is 0 Å². The van der Waals surface area contributed by atoms with Gasteiger partial charge < -0.3 is 10.6 Å². The van der Waals surface area contributed by atoms with E-state index < -0.39 is 11.9 Å². The Hall–Kier alpha value is -3.68. The van der Waals surface area contributed by atoms with Gasteiger partial charge in [0.15, 0.2) is 0 Å². The second kappa shape index (κ2) is 10.5. The maximum atomic E-state index is 12.7. The molecule has 0 fully saturated rings. The number of para-hydroxylation sites is 1. The minimum Gasteiger partial charge on any atom is -0.350 e. The van der Waals surface area contributed by atoms with Gasteiger partial charge in [-0.2, -0.15) is 5.10 Å². The largest absolute Gasteiger partial charge is 0.350 e. The van der Waals surface area contributed by atoms with Crippen molar-refractivity contribution in [2.45, 2.75) is 19.5 Å². The zero-order valence-corrected chi connectivity index (χ0v) is 19.7. The van der Waals surface area contributed by atoms with Crippen LogP contribution in [0.15, 0.2) is 79.3 Å². The third-order valence-electron chi connectivity index (χ3n) is 5.15. The monoisotopic (exact) mass is 493 g/mol. The van der Waals surface area contributed by atoms with Gasteiger partial charge in [-0.05, 0) is 43.3 Å². The van der Waals surface area contributed by atoms with Crippen molar-refractivity contribution in [3.05, 3.63) is 100 Å². The standard InChI is InChI=1S/C25H21Cl2N5O2/c1-16(30-25(34)20-8-5-9-21(26)22(20)27)24(33)29-14-18-15-32(19-6-3-2-4-7-19)31-23(18)17-10-12-28-13-11-17/h2-13,15-16H,14H2,1H3,(H,29,33)(H,30,34). The molecule has 0 aliphatic rings. The summed E-state index contributed by atoms with van der Waals surface area (Å²) in [5.41, 5.74) is 3.53. The molecule has 0 saturated carbocycles. The molecule has 1 unspecified atom stereocenters. The molecule has 4 rings (SSSR count). The molecule has 2 heterocycles. The highest BCUT2D eigenvalue weighted by molar-refractivity contribution is 6.43. The number of halogens is 2. The summed E-state index contributed by atoms with van der Waals surface area (Å²) in [6.07, 6.45) is 5.26. The molecular formula is C25H21Cl2N5O2. The summed E-state index contributed by atoms with van der Waals surface area (Å²) >= 11 is 12.1. The maximum Gasteiger partial charge on any atom is 0.253 e. The molecule has 0 aliphatic heterocycles. The molecule has 0 radical (unpaired) electrons.